The first-order valence-corrected chi connectivity index (χ1v) is 5.94. The number of anilines is 1. The molecule has 0 bridgehead atoms. The van der Waals surface area contributed by atoms with Crippen LogP contribution in [0.15, 0.2) is 18.2 Å². The molecule has 0 radical (unpaired) electrons. The normalized spacial score (nSPS) is 16.7. The molecule has 1 fully saturated rings. The van der Waals surface area contributed by atoms with Gasteiger partial charge in [0.15, 0.2) is 0 Å². The summed E-state index contributed by atoms with van der Waals surface area (Å²) >= 11 is 0. The summed E-state index contributed by atoms with van der Waals surface area (Å²) in [7, 11) is 2.05. The van der Waals surface area contributed by atoms with E-state index in [0.717, 1.165) is 5.69 Å². The monoisotopic (exact) mass is 222 g/mol. The standard InChI is InChI=1S/C13H19FN2/c1-16(10-5-2-3-6-10)13-8-4-7-12(14)11(13)9-15/h4,7-8,10H,2-3,5-6,9,15H2,1H3. The highest BCUT2D eigenvalue weighted by molar-refractivity contribution is 5.54. The van der Waals surface area contributed by atoms with E-state index < -0.39 is 0 Å². The largest absolute Gasteiger partial charge is 0.371 e. The zero-order valence-electron chi connectivity index (χ0n) is 9.75. The summed E-state index contributed by atoms with van der Waals surface area (Å²) in [5.41, 5.74) is 7.21. The zero-order valence-corrected chi connectivity index (χ0v) is 9.75. The fourth-order valence-electron chi connectivity index (χ4n) is 2.57. The van der Waals surface area contributed by atoms with E-state index in [1.165, 1.54) is 31.7 Å². The van der Waals surface area contributed by atoms with Crippen molar-refractivity contribution in [1.82, 2.24) is 0 Å². The third kappa shape index (κ3) is 2.05. The molecule has 1 aliphatic rings. The first-order chi connectivity index (χ1) is 7.74. The third-order valence-electron chi connectivity index (χ3n) is 3.55. The van der Waals surface area contributed by atoms with Gasteiger partial charge in [-0.3, -0.25) is 0 Å². The number of benzene rings is 1. The van der Waals surface area contributed by atoms with Crippen molar-refractivity contribution >= 4 is 5.69 Å². The van der Waals surface area contributed by atoms with E-state index in [0.29, 0.717) is 11.6 Å². The van der Waals surface area contributed by atoms with Gasteiger partial charge in [-0.1, -0.05) is 18.9 Å². The van der Waals surface area contributed by atoms with Crippen molar-refractivity contribution in [1.29, 1.82) is 0 Å². The predicted octanol–water partition coefficient (Wildman–Crippen LogP) is 2.66. The van der Waals surface area contributed by atoms with Crippen molar-refractivity contribution in [3.8, 4) is 0 Å². The van der Waals surface area contributed by atoms with Crippen molar-refractivity contribution in [2.45, 2.75) is 38.3 Å². The number of hydrogen-bond donors (Lipinski definition) is 1. The molecule has 0 atom stereocenters. The van der Waals surface area contributed by atoms with E-state index in [4.69, 9.17) is 5.73 Å². The van der Waals surface area contributed by atoms with Crippen LogP contribution in [-0.2, 0) is 6.54 Å². The molecule has 2 N–H and O–H groups in total. The Balaban J connectivity index is 2.27. The van der Waals surface area contributed by atoms with Gasteiger partial charge in [-0.15, -0.1) is 0 Å². The zero-order chi connectivity index (χ0) is 11.5. The molecule has 3 heteroatoms. The Morgan fingerprint density at radius 3 is 2.69 bits per heavy atom. The molecule has 0 saturated heterocycles. The minimum absolute atomic E-state index is 0.190. The van der Waals surface area contributed by atoms with Crippen LogP contribution in [0, 0.1) is 5.82 Å². The van der Waals surface area contributed by atoms with Gasteiger partial charge in [0.1, 0.15) is 5.82 Å². The van der Waals surface area contributed by atoms with Gasteiger partial charge in [0.25, 0.3) is 0 Å². The fourth-order valence-corrected chi connectivity index (χ4v) is 2.57. The SMILES string of the molecule is CN(c1cccc(F)c1CN)C1CCCC1. The van der Waals surface area contributed by atoms with Crippen LogP contribution in [0.25, 0.3) is 0 Å². The highest BCUT2D eigenvalue weighted by Gasteiger charge is 2.22. The Hall–Kier alpha value is -1.09. The Morgan fingerprint density at radius 2 is 2.06 bits per heavy atom. The second-order valence-corrected chi connectivity index (χ2v) is 4.49. The minimum atomic E-state index is -0.190. The van der Waals surface area contributed by atoms with Gasteiger partial charge < -0.3 is 10.6 Å². The second kappa shape index (κ2) is 4.83. The fraction of sp³-hybridized carbons (Fsp3) is 0.538. The lowest BCUT2D eigenvalue weighted by Crippen LogP contribution is -2.30. The van der Waals surface area contributed by atoms with Crippen molar-refractivity contribution in [3.63, 3.8) is 0 Å². The van der Waals surface area contributed by atoms with Crippen LogP contribution in [0.4, 0.5) is 10.1 Å². The number of nitrogens with two attached hydrogens (primary N) is 1. The lowest BCUT2D eigenvalue weighted by Gasteiger charge is -2.28. The Labute approximate surface area is 96.2 Å². The Morgan fingerprint density at radius 1 is 1.38 bits per heavy atom. The van der Waals surface area contributed by atoms with Gasteiger partial charge in [0, 0.05) is 30.9 Å². The van der Waals surface area contributed by atoms with Crippen LogP contribution in [0.3, 0.4) is 0 Å². The lowest BCUT2D eigenvalue weighted by molar-refractivity contribution is 0.602. The van der Waals surface area contributed by atoms with Gasteiger partial charge in [0.05, 0.1) is 0 Å². The summed E-state index contributed by atoms with van der Waals surface area (Å²) in [6, 6.07) is 5.75. The van der Waals surface area contributed by atoms with Crippen LogP contribution in [0.1, 0.15) is 31.2 Å². The summed E-state index contributed by atoms with van der Waals surface area (Å²) < 4.78 is 13.6. The molecule has 16 heavy (non-hydrogen) atoms. The topological polar surface area (TPSA) is 29.3 Å². The molecule has 0 unspecified atom stereocenters. The average Bonchev–Trinajstić information content (AvgIpc) is 2.81. The number of rotatable bonds is 3. The summed E-state index contributed by atoms with van der Waals surface area (Å²) in [6.45, 7) is 0.263. The molecule has 1 aliphatic carbocycles. The van der Waals surface area contributed by atoms with Crippen molar-refractivity contribution in [2.24, 2.45) is 5.73 Å². The molecule has 1 aromatic rings. The number of hydrogen-bond acceptors (Lipinski definition) is 2. The molecule has 0 amide bonds. The molecular weight excluding hydrogens is 203 g/mol. The molecule has 1 saturated carbocycles. The van der Waals surface area contributed by atoms with Crippen LogP contribution < -0.4 is 10.6 Å². The minimum Gasteiger partial charge on any atom is -0.371 e. The van der Waals surface area contributed by atoms with Crippen LogP contribution in [0.5, 0.6) is 0 Å². The molecule has 2 rings (SSSR count). The van der Waals surface area contributed by atoms with E-state index in [-0.39, 0.29) is 12.4 Å². The van der Waals surface area contributed by atoms with Crippen molar-refractivity contribution in [2.75, 3.05) is 11.9 Å². The summed E-state index contributed by atoms with van der Waals surface area (Å²) in [6.07, 6.45) is 4.97. The van der Waals surface area contributed by atoms with E-state index >= 15 is 0 Å². The molecule has 0 aliphatic heterocycles. The Bertz CT molecular complexity index is 359. The second-order valence-electron chi connectivity index (χ2n) is 4.49. The maximum Gasteiger partial charge on any atom is 0.129 e. The van der Waals surface area contributed by atoms with E-state index in [1.807, 2.05) is 13.1 Å². The first kappa shape index (κ1) is 11.4. The Kier molecular flexibility index (Phi) is 3.44. The molecule has 2 nitrogen and oxygen atoms in total. The van der Waals surface area contributed by atoms with Crippen molar-refractivity contribution in [3.05, 3.63) is 29.6 Å². The molecular formula is C13H19FN2. The van der Waals surface area contributed by atoms with E-state index in [9.17, 15) is 4.39 Å². The first-order valence-electron chi connectivity index (χ1n) is 5.94. The van der Waals surface area contributed by atoms with Gasteiger partial charge in [-0.25, -0.2) is 4.39 Å². The molecule has 0 aromatic heterocycles. The maximum atomic E-state index is 13.6. The molecule has 0 heterocycles. The predicted molar refractivity (Wildman–Crippen MR) is 65.0 cm³/mol. The van der Waals surface area contributed by atoms with E-state index in [2.05, 4.69) is 4.90 Å². The van der Waals surface area contributed by atoms with Gasteiger partial charge in [-0.05, 0) is 25.0 Å². The maximum absolute atomic E-state index is 13.6. The summed E-state index contributed by atoms with van der Waals surface area (Å²) in [5, 5.41) is 0. The van der Waals surface area contributed by atoms with Crippen molar-refractivity contribution < 1.29 is 4.39 Å². The van der Waals surface area contributed by atoms with E-state index in [1.54, 1.807) is 6.07 Å². The summed E-state index contributed by atoms with van der Waals surface area (Å²) in [4.78, 5) is 2.19. The van der Waals surface area contributed by atoms with Gasteiger partial charge in [-0.2, -0.15) is 0 Å². The van der Waals surface area contributed by atoms with Gasteiger partial charge >= 0.3 is 0 Å². The third-order valence-corrected chi connectivity index (χ3v) is 3.55. The average molecular weight is 222 g/mol. The molecule has 1 aromatic carbocycles. The van der Waals surface area contributed by atoms with Crippen LogP contribution in [0.2, 0.25) is 0 Å². The smallest absolute Gasteiger partial charge is 0.129 e. The highest BCUT2D eigenvalue weighted by atomic mass is 19.1. The number of nitrogens with zero attached hydrogens (tertiary/aromatic N) is 1. The molecule has 0 spiro atoms. The van der Waals surface area contributed by atoms with Crippen LogP contribution in [-0.4, -0.2) is 13.1 Å². The van der Waals surface area contributed by atoms with Gasteiger partial charge in [0.2, 0.25) is 0 Å². The number of halogens is 1. The highest BCUT2D eigenvalue weighted by Crippen LogP contribution is 2.29. The lowest BCUT2D eigenvalue weighted by atomic mass is 10.1. The molecule has 88 valence electrons. The van der Waals surface area contributed by atoms with Crippen LogP contribution >= 0.6 is 0 Å². The summed E-state index contributed by atoms with van der Waals surface area (Å²) in [5.74, 6) is -0.190. The quantitative estimate of drug-likeness (QED) is 0.852.